The number of anilines is 6. The van der Waals surface area contributed by atoms with Gasteiger partial charge in [0.2, 0.25) is 5.15 Å². The Morgan fingerprint density at radius 1 is 0.556 bits per heavy atom. The van der Waals surface area contributed by atoms with Crippen molar-refractivity contribution in [1.29, 1.82) is 0 Å². The van der Waals surface area contributed by atoms with Gasteiger partial charge in [0.05, 0.1) is 48.3 Å². The molecule has 0 saturated carbocycles. The number of rotatable bonds is 13. The summed E-state index contributed by atoms with van der Waals surface area (Å²) in [6.07, 6.45) is 5.00. The number of aryl methyl sites for hydroxylation is 3. The second-order valence-corrected chi connectivity index (χ2v) is 58.2. The Kier molecular flexibility index (Phi) is 46.4. The SMILES string of the molecule is CP(C)(=O)c1cc(O)ccc1N.CP(C)(=O)c1cc(O)ccc1N.CP(C)(=O)c1cc(OS(=O)(=O)C(F)(F)F)ccc1N.C[P+](C)=O.Cn1ccc(-c2ccc(N)c(P(C)(C)=O)c2)n1.Cn1ccc(-c2ccc(N)c(P(C)(C)=O)c2)n1.Cn1ccc(B2OC(C)(C)C(C)(C)O2)n1.FC(F)c1[nH]c2c(Cl)cc(Cl)nc2[n+]1C1CCCCO1.Nc1ccc(O)cc1I.O=[N+]([O-])c1ccc(O)cc1I.Oc1cccc(I)c1. The van der Waals surface area contributed by atoms with E-state index in [2.05, 4.69) is 74.6 Å². The Labute approximate surface area is 884 Å². The summed E-state index contributed by atoms with van der Waals surface area (Å²) in [7, 11) is -13.7. The maximum Gasteiger partial charge on any atom is 0.534 e. The van der Waals surface area contributed by atoms with Gasteiger partial charge in [-0.2, -0.15) is 50.2 Å². The third-order valence-electron chi connectivity index (χ3n) is 20.0. The zero-order valence-electron chi connectivity index (χ0n) is 81.8. The molecule has 1 atom stereocenters. The van der Waals surface area contributed by atoms with Crippen LogP contribution in [0.15, 0.2) is 195 Å². The number of nitro groups is 1. The van der Waals surface area contributed by atoms with E-state index < -0.39 is 82.5 Å². The number of nitrogens with two attached hydrogens (primary N) is 6. The third kappa shape index (κ3) is 39.3. The molecule has 2 aliphatic heterocycles. The van der Waals surface area contributed by atoms with Crippen molar-refractivity contribution in [3.8, 4) is 57.0 Å². The zero-order valence-corrected chi connectivity index (χ0v) is 96.0. The molecule has 53 heteroatoms. The minimum Gasteiger partial charge on any atom is -0.508 e. The summed E-state index contributed by atoms with van der Waals surface area (Å²) < 4.78 is 184. The lowest BCUT2D eigenvalue weighted by molar-refractivity contribution is -0.754. The van der Waals surface area contributed by atoms with Crippen LogP contribution in [0.1, 0.15) is 65.4 Å². The smallest absolute Gasteiger partial charge is 0.508 e. The number of aromatic amines is 1. The highest BCUT2D eigenvalue weighted by atomic mass is 127. The molecule has 0 bridgehead atoms. The number of hydrogen-bond acceptors (Lipinski definition) is 29. The van der Waals surface area contributed by atoms with Crippen molar-refractivity contribution in [2.75, 3.05) is 121 Å². The Hall–Kier alpha value is -9.43. The summed E-state index contributed by atoms with van der Waals surface area (Å²) in [5.74, 6) is -0.0224. The first-order chi connectivity index (χ1) is 66.1. The van der Waals surface area contributed by atoms with Gasteiger partial charge in [0.25, 0.3) is 11.5 Å². The molecule has 18 N–H and O–H groups in total. The van der Waals surface area contributed by atoms with Gasteiger partial charge >= 0.3 is 42.6 Å². The largest absolute Gasteiger partial charge is 0.534 e. The van der Waals surface area contributed by atoms with Gasteiger partial charge in [0.1, 0.15) is 83.5 Å². The molecule has 8 aromatic carbocycles. The minimum atomic E-state index is -5.76. The number of hydrogen-bond donors (Lipinski definition) is 12. The number of fused-ring (bicyclic) bond motifs is 1. The van der Waals surface area contributed by atoms with E-state index in [1.807, 2.05) is 122 Å². The number of nitrogen functional groups attached to an aromatic ring is 6. The number of halogens is 10. The Morgan fingerprint density at radius 3 is 1.28 bits per heavy atom. The highest BCUT2D eigenvalue weighted by Gasteiger charge is 2.53. The molecule has 15 rings (SSSR count). The fraction of sp³-hybridized carbons (Fsp3) is 0.308. The summed E-state index contributed by atoms with van der Waals surface area (Å²) in [5.41, 5.74) is 35.8. The van der Waals surface area contributed by atoms with Crippen molar-refractivity contribution in [3.63, 3.8) is 0 Å². The lowest BCUT2D eigenvalue weighted by Crippen LogP contribution is -2.45. The molecule has 35 nitrogen and oxygen atoms in total. The number of ether oxygens (including phenoxy) is 1. The molecule has 2 fully saturated rings. The molecule has 0 radical (unpaired) electrons. The number of imidazole rings is 1. The molecular weight excluding hydrogens is 2400 g/mol. The summed E-state index contributed by atoms with van der Waals surface area (Å²) in [6, 6.07) is 46.2. The monoisotopic (exact) mass is 2510 g/mol. The van der Waals surface area contributed by atoms with Gasteiger partial charge < -0.3 is 101 Å². The Bertz CT molecular complexity index is 6810. The summed E-state index contributed by atoms with van der Waals surface area (Å²) in [5, 5.41) is 71.0. The molecule has 1 unspecified atom stereocenters. The van der Waals surface area contributed by atoms with E-state index >= 15 is 0 Å². The number of phenolic OH excluding ortho intramolecular Hbond substituents is 5. The number of pyridine rings is 1. The van der Waals surface area contributed by atoms with Crippen molar-refractivity contribution in [2.45, 2.75) is 76.3 Å². The van der Waals surface area contributed by atoms with Crippen LogP contribution in [-0.2, 0) is 72.7 Å². The van der Waals surface area contributed by atoms with Crippen LogP contribution in [0.5, 0.6) is 34.5 Å². The third-order valence-corrected chi connectivity index (χ3v) is 31.6. The first-order valence-electron chi connectivity index (χ1n) is 42.5. The zero-order chi connectivity index (χ0) is 109. The molecule has 2 saturated heterocycles. The van der Waals surface area contributed by atoms with E-state index in [9.17, 15) is 67.9 Å². The number of phenols is 5. The fourth-order valence-corrected chi connectivity index (χ4v) is 20.7. The fourth-order valence-electron chi connectivity index (χ4n) is 12.3. The second kappa shape index (κ2) is 53.5. The van der Waals surface area contributed by atoms with Crippen molar-refractivity contribution < 1.29 is 111 Å². The molecular formula is C91H117BCl2F5I3N16O19P6S+2. The van der Waals surface area contributed by atoms with Crippen LogP contribution < -0.4 is 75.3 Å². The predicted octanol–water partition coefficient (Wildman–Crippen LogP) is 19.1. The second-order valence-electron chi connectivity index (χ2n) is 34.8. The topological polar surface area (TPSA) is 560 Å². The molecule has 2 aliphatic rings. The van der Waals surface area contributed by atoms with E-state index in [-0.39, 0.29) is 74.0 Å². The number of H-pyrrole nitrogens is 1. The standard InChI is InChI=1S/C12H11Cl2F2N3O.2C12H16N3OP.C10H17BN2O2.C9H11F3NO4PS.2C8H12NO2P.C6H4INO3.C6H6INO.C6H5IO.C2H6OP/c13-6-5-7(14)17-11-9(6)18-12(10(15)16)19(11)8-3-1-2-4-20-8;2*1-15-7-6-11(14-15)9-4-5-10(13)12(8-9)17(2,3)16;1-9(2)10(3,4)15-11(14-9)8-6-7-13(5)12-8;1-18(2,14)8-5-6(3-4-7(8)13)17-19(15,16)9(10,11)12;2*1-12(2,11)8-5-6(10)3-4-7(8)9;7-5-3-4(9)1-2-6(5)8(10)11;7-5-3-4(9)1-2-6(5)8;7-5-2-1-3-6(8)4-5;1-4(2)3/h5,8,10H,1-4H2;2*4-8H,13H2,1-3H3;6-7H,1-5H3;3-5H,13H2,1-2H3;2*3-5,10H,9H2,1-2H3;1-3,9H;1-3,9H,8H2;1-4,8H;1-2H3/q;;;;;;;;;;+1/p+1. The first kappa shape index (κ1) is 125. The molecule has 13 aromatic rings. The number of aromatic nitrogens is 9. The molecule has 0 amide bonds. The van der Waals surface area contributed by atoms with Gasteiger partial charge in [-0.25, -0.2) is 0 Å². The van der Waals surface area contributed by atoms with Crippen LogP contribution in [0.25, 0.3) is 33.7 Å². The molecule has 7 heterocycles. The quantitative estimate of drug-likeness (QED) is 0.00415. The van der Waals surface area contributed by atoms with E-state index in [0.717, 1.165) is 76.9 Å². The van der Waals surface area contributed by atoms with Gasteiger partial charge in [0.15, 0.2) is 11.7 Å². The number of alkyl halides is 5. The Balaban J connectivity index is 0.000000283. The normalized spacial score (nSPS) is 13.7. The lowest BCUT2D eigenvalue weighted by Gasteiger charge is -2.32. The van der Waals surface area contributed by atoms with Crippen LogP contribution in [0.3, 0.4) is 0 Å². The van der Waals surface area contributed by atoms with Crippen LogP contribution >= 0.6 is 134 Å². The average Bonchev–Trinajstić information content (AvgIpc) is 1.62. The molecule has 0 spiro atoms. The van der Waals surface area contributed by atoms with Gasteiger partial charge in [0, 0.05) is 143 Å². The van der Waals surface area contributed by atoms with E-state index in [4.69, 9.17) is 97.2 Å². The van der Waals surface area contributed by atoms with Crippen molar-refractivity contribution >= 4 is 235 Å². The van der Waals surface area contributed by atoms with Crippen molar-refractivity contribution in [1.82, 2.24) is 39.3 Å². The predicted molar refractivity (Wildman–Crippen MR) is 595 cm³/mol. The maximum atomic E-state index is 13.2. The summed E-state index contributed by atoms with van der Waals surface area (Å²) in [6.45, 7) is 28.1. The van der Waals surface area contributed by atoms with Gasteiger partial charge in [-0.3, -0.25) is 29.1 Å². The number of nitro benzene ring substituents is 1. The first-order valence-corrected chi connectivity index (χ1v) is 63.0. The maximum absolute atomic E-state index is 13.2. The minimum absolute atomic E-state index is 0.0170. The number of benzene rings is 8. The van der Waals surface area contributed by atoms with Gasteiger partial charge in [-0.1, -0.05) is 39.3 Å². The number of aromatic hydroxyl groups is 5. The molecule has 0 aliphatic carbocycles. The molecule has 144 heavy (non-hydrogen) atoms. The summed E-state index contributed by atoms with van der Waals surface area (Å²) >= 11 is 17.9. The van der Waals surface area contributed by atoms with E-state index in [0.29, 0.717) is 72.6 Å². The van der Waals surface area contributed by atoms with Crippen LogP contribution in [0.2, 0.25) is 10.2 Å². The van der Waals surface area contributed by atoms with E-state index in [1.54, 1.807) is 158 Å². The Morgan fingerprint density at radius 2 is 0.938 bits per heavy atom. The van der Waals surface area contributed by atoms with Crippen LogP contribution in [0, 0.1) is 20.8 Å². The number of nitrogens with one attached hydrogen (secondary N) is 1. The highest BCUT2D eigenvalue weighted by molar-refractivity contribution is 14.1. The van der Waals surface area contributed by atoms with Crippen LogP contribution in [0.4, 0.5) is 61.8 Å². The molecule has 782 valence electrons. The average molecular weight is 2510 g/mol. The van der Waals surface area contributed by atoms with Crippen LogP contribution in [-0.4, -0.2) is 189 Å². The lowest BCUT2D eigenvalue weighted by atomic mass is 9.85. The summed E-state index contributed by atoms with van der Waals surface area (Å²) in [4.78, 5) is 16.5. The van der Waals surface area contributed by atoms with Gasteiger partial charge in [-0.15, -0.1) is 0 Å². The molecule has 5 aromatic heterocycles. The number of nitrogens with zero attached hydrogens (tertiary/aromatic N) is 9. The highest BCUT2D eigenvalue weighted by Crippen LogP contribution is 2.44. The van der Waals surface area contributed by atoms with Gasteiger partial charge in [-0.05, 0) is 326 Å². The van der Waals surface area contributed by atoms with Crippen molar-refractivity contribution in [3.05, 3.63) is 231 Å². The van der Waals surface area contributed by atoms with E-state index in [1.165, 1.54) is 66.4 Å². The van der Waals surface area contributed by atoms with Crippen molar-refractivity contribution in [2.24, 2.45) is 21.1 Å².